The molecule has 35 heavy (non-hydrogen) atoms. The molecule has 3 amide bonds. The van der Waals surface area contributed by atoms with Crippen LogP contribution in [0.5, 0.6) is 11.5 Å². The molecule has 0 unspecified atom stereocenters. The number of hydrogen-bond acceptors (Lipinski definition) is 7. The SMILES string of the molecule is COc1cc(/C=C2\SC(=O)N(CC(=O)N3CCOCC3)C2=O)cc(Br)c1OCc1ccccc1Cl. The summed E-state index contributed by atoms with van der Waals surface area (Å²) in [7, 11) is 1.51. The van der Waals surface area contributed by atoms with Crippen molar-refractivity contribution in [1.29, 1.82) is 0 Å². The minimum absolute atomic E-state index is 0.225. The van der Waals surface area contributed by atoms with Crippen LogP contribution in [0.3, 0.4) is 0 Å². The number of imide groups is 1. The van der Waals surface area contributed by atoms with E-state index in [1.54, 1.807) is 29.2 Å². The van der Waals surface area contributed by atoms with Crippen LogP contribution in [0.25, 0.3) is 6.08 Å². The quantitative estimate of drug-likeness (QED) is 0.443. The van der Waals surface area contributed by atoms with Gasteiger partial charge in [-0.2, -0.15) is 0 Å². The highest BCUT2D eigenvalue weighted by atomic mass is 79.9. The fraction of sp³-hybridized carbons (Fsp3) is 0.292. The van der Waals surface area contributed by atoms with Gasteiger partial charge in [0.1, 0.15) is 13.2 Å². The summed E-state index contributed by atoms with van der Waals surface area (Å²) in [4.78, 5) is 40.6. The molecule has 2 saturated heterocycles. The Balaban J connectivity index is 1.49. The minimum Gasteiger partial charge on any atom is -0.493 e. The van der Waals surface area contributed by atoms with Gasteiger partial charge in [0.05, 0.1) is 29.7 Å². The number of carbonyl (C=O) groups is 3. The lowest BCUT2D eigenvalue weighted by atomic mass is 10.1. The van der Waals surface area contributed by atoms with Crippen molar-refractivity contribution in [3.63, 3.8) is 0 Å². The molecule has 0 spiro atoms. The molecular weight excluding hydrogens is 560 g/mol. The van der Waals surface area contributed by atoms with E-state index >= 15 is 0 Å². The van der Waals surface area contributed by atoms with Crippen LogP contribution in [0, 0.1) is 0 Å². The van der Waals surface area contributed by atoms with Gasteiger partial charge in [0, 0.05) is 23.7 Å². The smallest absolute Gasteiger partial charge is 0.294 e. The lowest BCUT2D eigenvalue weighted by Crippen LogP contribution is -2.46. The first-order valence-electron chi connectivity index (χ1n) is 10.7. The third kappa shape index (κ3) is 6.00. The lowest BCUT2D eigenvalue weighted by Gasteiger charge is -2.28. The van der Waals surface area contributed by atoms with Crippen LogP contribution in [0.2, 0.25) is 5.02 Å². The number of thioether (sulfide) groups is 1. The van der Waals surface area contributed by atoms with Gasteiger partial charge in [-0.1, -0.05) is 29.8 Å². The number of methoxy groups -OCH3 is 1. The van der Waals surface area contributed by atoms with Gasteiger partial charge >= 0.3 is 0 Å². The molecule has 2 fully saturated rings. The van der Waals surface area contributed by atoms with Gasteiger partial charge < -0.3 is 19.1 Å². The zero-order chi connectivity index (χ0) is 24.9. The molecule has 0 aromatic heterocycles. The van der Waals surface area contributed by atoms with Crippen LogP contribution in [-0.4, -0.2) is 66.8 Å². The molecule has 0 aliphatic carbocycles. The Kier molecular flexibility index (Phi) is 8.38. The molecule has 0 radical (unpaired) electrons. The molecule has 2 heterocycles. The van der Waals surface area contributed by atoms with Crippen LogP contribution < -0.4 is 9.47 Å². The highest BCUT2D eigenvalue weighted by Gasteiger charge is 2.37. The van der Waals surface area contributed by atoms with E-state index in [2.05, 4.69) is 15.9 Å². The van der Waals surface area contributed by atoms with Crippen LogP contribution in [0.15, 0.2) is 45.8 Å². The first-order valence-corrected chi connectivity index (χ1v) is 12.7. The van der Waals surface area contributed by atoms with Crippen LogP contribution in [0.4, 0.5) is 4.79 Å². The Labute approximate surface area is 220 Å². The maximum absolute atomic E-state index is 12.9. The van der Waals surface area contributed by atoms with Crippen molar-refractivity contribution in [1.82, 2.24) is 9.80 Å². The Bertz CT molecular complexity index is 1180. The Morgan fingerprint density at radius 2 is 1.97 bits per heavy atom. The summed E-state index contributed by atoms with van der Waals surface area (Å²) in [6.07, 6.45) is 1.59. The molecule has 0 N–H and O–H groups in total. The van der Waals surface area contributed by atoms with Gasteiger partial charge in [-0.25, -0.2) is 0 Å². The molecule has 2 aliphatic heterocycles. The first kappa shape index (κ1) is 25.6. The van der Waals surface area contributed by atoms with E-state index in [0.717, 1.165) is 22.2 Å². The molecule has 0 atom stereocenters. The number of halogens is 2. The summed E-state index contributed by atoms with van der Waals surface area (Å²) in [6.45, 7) is 1.74. The third-order valence-electron chi connectivity index (χ3n) is 5.41. The Morgan fingerprint density at radius 3 is 2.69 bits per heavy atom. The highest BCUT2D eigenvalue weighted by molar-refractivity contribution is 9.10. The van der Waals surface area contributed by atoms with Crippen molar-refractivity contribution in [3.8, 4) is 11.5 Å². The second-order valence-corrected chi connectivity index (χ2v) is 9.93. The van der Waals surface area contributed by atoms with Crippen molar-refractivity contribution in [3.05, 3.63) is 61.9 Å². The number of hydrogen-bond donors (Lipinski definition) is 0. The lowest BCUT2D eigenvalue weighted by molar-refractivity contribution is -0.139. The predicted octanol–water partition coefficient (Wildman–Crippen LogP) is 4.59. The zero-order valence-electron chi connectivity index (χ0n) is 18.8. The summed E-state index contributed by atoms with van der Waals surface area (Å²) in [6, 6.07) is 10.9. The van der Waals surface area contributed by atoms with Crippen LogP contribution in [0.1, 0.15) is 11.1 Å². The summed E-state index contributed by atoms with van der Waals surface area (Å²) >= 11 is 10.5. The first-order chi connectivity index (χ1) is 16.9. The van der Waals surface area contributed by atoms with Crippen molar-refractivity contribution < 1.29 is 28.6 Å². The molecular formula is C24H22BrClN2O6S. The van der Waals surface area contributed by atoms with E-state index in [-0.39, 0.29) is 24.0 Å². The summed E-state index contributed by atoms with van der Waals surface area (Å²) < 4.78 is 17.3. The van der Waals surface area contributed by atoms with Crippen molar-refractivity contribution in [2.45, 2.75) is 6.61 Å². The van der Waals surface area contributed by atoms with E-state index in [1.807, 2.05) is 18.2 Å². The number of benzene rings is 2. The molecule has 4 rings (SSSR count). The zero-order valence-corrected chi connectivity index (χ0v) is 22.0. The molecule has 2 aliphatic rings. The van der Waals surface area contributed by atoms with Gasteiger partial charge in [-0.3, -0.25) is 19.3 Å². The Hall–Kier alpha value is -2.53. The summed E-state index contributed by atoms with van der Waals surface area (Å²) in [5.74, 6) is 0.144. The molecule has 0 saturated carbocycles. The van der Waals surface area contributed by atoms with E-state index in [4.69, 9.17) is 25.8 Å². The van der Waals surface area contributed by atoms with Crippen molar-refractivity contribution >= 4 is 62.4 Å². The number of rotatable bonds is 7. The number of morpholine rings is 1. The standard InChI is InChI=1S/C24H22BrClN2O6S/c1-32-19-11-15(10-17(25)22(19)34-14-16-4-2-3-5-18(16)26)12-20-23(30)28(24(31)35-20)13-21(29)27-6-8-33-9-7-27/h2-5,10-12H,6-9,13-14H2,1H3/b20-12-. The minimum atomic E-state index is -0.504. The van der Waals surface area contributed by atoms with Gasteiger partial charge in [0.25, 0.3) is 11.1 Å². The monoisotopic (exact) mass is 580 g/mol. The van der Waals surface area contributed by atoms with Gasteiger partial charge in [0.15, 0.2) is 11.5 Å². The van der Waals surface area contributed by atoms with E-state index in [0.29, 0.717) is 52.9 Å². The van der Waals surface area contributed by atoms with E-state index in [1.165, 1.54) is 7.11 Å². The number of nitrogens with zero attached hydrogens (tertiary/aromatic N) is 2. The summed E-state index contributed by atoms with van der Waals surface area (Å²) in [5, 5.41) is 0.121. The topological polar surface area (TPSA) is 85.4 Å². The van der Waals surface area contributed by atoms with Crippen molar-refractivity contribution in [2.75, 3.05) is 40.0 Å². The van der Waals surface area contributed by atoms with Crippen LogP contribution >= 0.6 is 39.3 Å². The maximum atomic E-state index is 12.9. The summed E-state index contributed by atoms with van der Waals surface area (Å²) in [5.41, 5.74) is 1.45. The molecule has 2 aromatic carbocycles. The van der Waals surface area contributed by atoms with Gasteiger partial charge in [-0.15, -0.1) is 0 Å². The van der Waals surface area contributed by atoms with Gasteiger partial charge in [-0.05, 0) is 57.5 Å². The Morgan fingerprint density at radius 1 is 1.23 bits per heavy atom. The number of ether oxygens (including phenoxy) is 3. The maximum Gasteiger partial charge on any atom is 0.294 e. The van der Waals surface area contributed by atoms with E-state index < -0.39 is 11.1 Å². The average molecular weight is 582 g/mol. The second kappa shape index (κ2) is 11.5. The normalized spacial score (nSPS) is 17.3. The predicted molar refractivity (Wildman–Crippen MR) is 137 cm³/mol. The molecule has 184 valence electrons. The molecule has 8 nitrogen and oxygen atoms in total. The fourth-order valence-electron chi connectivity index (χ4n) is 3.56. The number of carbonyl (C=O) groups excluding carboxylic acids is 3. The van der Waals surface area contributed by atoms with E-state index in [9.17, 15) is 14.4 Å². The van der Waals surface area contributed by atoms with Crippen molar-refractivity contribution in [2.24, 2.45) is 0 Å². The van der Waals surface area contributed by atoms with Crippen LogP contribution in [-0.2, 0) is 20.9 Å². The average Bonchev–Trinajstić information content (AvgIpc) is 3.11. The van der Waals surface area contributed by atoms with Gasteiger partial charge in [0.2, 0.25) is 5.91 Å². The number of amides is 3. The second-order valence-electron chi connectivity index (χ2n) is 7.68. The third-order valence-corrected chi connectivity index (χ3v) is 7.28. The highest BCUT2D eigenvalue weighted by Crippen LogP contribution is 2.39. The molecule has 11 heteroatoms. The molecule has 0 bridgehead atoms. The fourth-order valence-corrected chi connectivity index (χ4v) is 5.17. The largest absolute Gasteiger partial charge is 0.493 e. The molecule has 2 aromatic rings.